The molecular weight excluding hydrogens is 353 g/mol. The number of hydrogen-bond acceptors (Lipinski definition) is 4. The zero-order valence-electron chi connectivity index (χ0n) is 14.3. The van der Waals surface area contributed by atoms with Crippen molar-refractivity contribution in [2.75, 3.05) is 0 Å². The normalized spacial score (nSPS) is 14.5. The maximum absolute atomic E-state index is 14.1. The van der Waals surface area contributed by atoms with Gasteiger partial charge in [-0.2, -0.15) is 0 Å². The number of carbonyl (C=O) groups is 1. The van der Waals surface area contributed by atoms with Crippen molar-refractivity contribution in [2.24, 2.45) is 5.73 Å². The zero-order valence-corrected chi connectivity index (χ0v) is 15.1. The molecule has 0 radical (unpaired) electrons. The smallest absolute Gasteiger partial charge is 0.263 e. The number of aryl methyl sites for hydroxylation is 2. The molecule has 0 saturated carbocycles. The summed E-state index contributed by atoms with van der Waals surface area (Å²) in [5.41, 5.74) is 6.68. The van der Waals surface area contributed by atoms with E-state index < -0.39 is 11.9 Å². The second kappa shape index (κ2) is 6.32. The minimum absolute atomic E-state index is 0.123. The quantitative estimate of drug-likeness (QED) is 0.766. The Morgan fingerprint density at radius 1 is 1.38 bits per heavy atom. The fourth-order valence-electron chi connectivity index (χ4n) is 3.56. The molecule has 4 rings (SSSR count). The Kier molecular flexibility index (Phi) is 4.11. The van der Waals surface area contributed by atoms with Crippen LogP contribution in [-0.2, 0) is 24.1 Å². The Morgan fingerprint density at radius 3 is 2.88 bits per heavy atom. The highest BCUT2D eigenvalue weighted by molar-refractivity contribution is 7.18. The number of nitrogens with two attached hydrogens (primary N) is 1. The van der Waals surface area contributed by atoms with Gasteiger partial charge in [-0.05, 0) is 43.4 Å². The lowest BCUT2D eigenvalue weighted by Gasteiger charge is -2.17. The van der Waals surface area contributed by atoms with Gasteiger partial charge in [0.05, 0.1) is 5.39 Å². The summed E-state index contributed by atoms with van der Waals surface area (Å²) in [5, 5.41) is 0.591. The van der Waals surface area contributed by atoms with E-state index in [9.17, 15) is 14.0 Å². The van der Waals surface area contributed by atoms with Gasteiger partial charge in [0, 0.05) is 11.3 Å². The topological polar surface area (TPSA) is 78.0 Å². The zero-order chi connectivity index (χ0) is 18.4. The van der Waals surface area contributed by atoms with Gasteiger partial charge < -0.3 is 5.73 Å². The van der Waals surface area contributed by atoms with Gasteiger partial charge in [-0.25, -0.2) is 9.37 Å². The van der Waals surface area contributed by atoms with Crippen molar-refractivity contribution in [3.05, 3.63) is 62.3 Å². The van der Waals surface area contributed by atoms with E-state index in [0.29, 0.717) is 21.6 Å². The number of benzene rings is 1. The standard InChI is InChI=1S/C19H18FN3O2S/c1-10(17(21)24)23-15(9-11-5-2-3-7-13(11)20)22-18-16(19(23)25)12-6-4-8-14(12)26-18/h2-3,5,7,10H,4,6,8-9H2,1H3,(H2,21,24). The summed E-state index contributed by atoms with van der Waals surface area (Å²) in [6.45, 7) is 1.58. The SMILES string of the molecule is CC(C(N)=O)n1c(Cc2ccccc2F)nc2sc3c(c2c1=O)CCC3. The maximum Gasteiger partial charge on any atom is 0.263 e. The number of thiophene rings is 1. The molecule has 0 spiro atoms. The Balaban J connectivity index is 1.96. The first-order chi connectivity index (χ1) is 12.5. The van der Waals surface area contributed by atoms with Crippen molar-refractivity contribution in [3.8, 4) is 0 Å². The van der Waals surface area contributed by atoms with Gasteiger partial charge in [0.15, 0.2) is 0 Å². The van der Waals surface area contributed by atoms with Gasteiger partial charge in [0.2, 0.25) is 5.91 Å². The van der Waals surface area contributed by atoms with Crippen molar-refractivity contribution in [3.63, 3.8) is 0 Å². The molecule has 134 valence electrons. The molecular formula is C19H18FN3O2S. The first kappa shape index (κ1) is 16.9. The van der Waals surface area contributed by atoms with Crippen molar-refractivity contribution in [2.45, 2.75) is 38.6 Å². The van der Waals surface area contributed by atoms with Crippen molar-refractivity contribution >= 4 is 27.5 Å². The van der Waals surface area contributed by atoms with Crippen LogP contribution < -0.4 is 11.3 Å². The summed E-state index contributed by atoms with van der Waals surface area (Å²) in [7, 11) is 0. The molecule has 1 aliphatic carbocycles. The van der Waals surface area contributed by atoms with E-state index in [1.54, 1.807) is 25.1 Å². The third-order valence-electron chi connectivity index (χ3n) is 4.95. The van der Waals surface area contributed by atoms with Gasteiger partial charge in [0.1, 0.15) is 22.5 Å². The van der Waals surface area contributed by atoms with Crippen LogP contribution in [0.25, 0.3) is 10.2 Å². The molecule has 0 bridgehead atoms. The molecule has 0 aliphatic heterocycles. The van der Waals surface area contributed by atoms with E-state index in [-0.39, 0.29) is 17.8 Å². The summed E-state index contributed by atoms with van der Waals surface area (Å²) >= 11 is 1.52. The van der Waals surface area contributed by atoms with Gasteiger partial charge in [-0.3, -0.25) is 14.2 Å². The van der Waals surface area contributed by atoms with Crippen LogP contribution in [0.1, 0.15) is 41.2 Å². The predicted octanol–water partition coefficient (Wildman–Crippen LogP) is 2.72. The minimum atomic E-state index is -0.849. The van der Waals surface area contributed by atoms with Crippen LogP contribution in [0, 0.1) is 5.82 Å². The average molecular weight is 371 g/mol. The highest BCUT2D eigenvalue weighted by Gasteiger charge is 2.26. The predicted molar refractivity (Wildman–Crippen MR) is 99.0 cm³/mol. The summed E-state index contributed by atoms with van der Waals surface area (Å²) in [6.07, 6.45) is 2.95. The molecule has 1 aromatic carbocycles. The first-order valence-corrected chi connectivity index (χ1v) is 9.37. The Hall–Kier alpha value is -2.54. The summed E-state index contributed by atoms with van der Waals surface area (Å²) in [6, 6.07) is 5.51. The third kappa shape index (κ3) is 2.63. The monoisotopic (exact) mass is 371 g/mol. The fraction of sp³-hybridized carbons (Fsp3) is 0.316. The van der Waals surface area contributed by atoms with Crippen molar-refractivity contribution < 1.29 is 9.18 Å². The lowest BCUT2D eigenvalue weighted by molar-refractivity contribution is -0.120. The Labute approximate surface area is 153 Å². The van der Waals surface area contributed by atoms with Crippen LogP contribution in [0.3, 0.4) is 0 Å². The molecule has 2 heterocycles. The van der Waals surface area contributed by atoms with E-state index in [1.165, 1.54) is 26.8 Å². The molecule has 2 N–H and O–H groups in total. The number of aromatic nitrogens is 2. The lowest BCUT2D eigenvalue weighted by atomic mass is 10.1. The first-order valence-electron chi connectivity index (χ1n) is 8.55. The number of amides is 1. The molecule has 26 heavy (non-hydrogen) atoms. The van der Waals surface area contributed by atoms with Crippen molar-refractivity contribution in [1.82, 2.24) is 9.55 Å². The summed E-state index contributed by atoms with van der Waals surface area (Å²) in [5.74, 6) is -0.623. The number of hydrogen-bond donors (Lipinski definition) is 1. The van der Waals surface area contributed by atoms with E-state index in [1.807, 2.05) is 0 Å². The Bertz CT molecular complexity index is 1090. The van der Waals surface area contributed by atoms with Crippen molar-refractivity contribution in [1.29, 1.82) is 0 Å². The second-order valence-electron chi connectivity index (χ2n) is 6.59. The highest BCUT2D eigenvalue weighted by Crippen LogP contribution is 2.35. The number of fused-ring (bicyclic) bond motifs is 3. The third-order valence-corrected chi connectivity index (χ3v) is 6.14. The molecule has 0 fully saturated rings. The van der Waals surface area contributed by atoms with Crippen LogP contribution in [-0.4, -0.2) is 15.5 Å². The van der Waals surface area contributed by atoms with E-state index >= 15 is 0 Å². The summed E-state index contributed by atoms with van der Waals surface area (Å²) in [4.78, 5) is 31.5. The molecule has 1 unspecified atom stereocenters. The lowest BCUT2D eigenvalue weighted by Crippen LogP contribution is -2.35. The molecule has 2 aromatic heterocycles. The molecule has 1 amide bonds. The van der Waals surface area contributed by atoms with Gasteiger partial charge in [-0.15, -0.1) is 11.3 Å². The number of rotatable bonds is 4. The fourth-order valence-corrected chi connectivity index (χ4v) is 4.83. The number of primary amides is 1. The number of nitrogens with zero attached hydrogens (tertiary/aromatic N) is 2. The van der Waals surface area contributed by atoms with Gasteiger partial charge in [0.25, 0.3) is 5.56 Å². The molecule has 7 heteroatoms. The van der Waals surface area contributed by atoms with Crippen LogP contribution >= 0.6 is 11.3 Å². The van der Waals surface area contributed by atoms with Crippen LogP contribution in [0.4, 0.5) is 4.39 Å². The molecule has 3 aromatic rings. The number of carbonyl (C=O) groups excluding carboxylic acids is 1. The van der Waals surface area contributed by atoms with Gasteiger partial charge in [-0.1, -0.05) is 18.2 Å². The maximum atomic E-state index is 14.1. The van der Waals surface area contributed by atoms with Crippen LogP contribution in [0.5, 0.6) is 0 Å². The van der Waals surface area contributed by atoms with Crippen LogP contribution in [0.2, 0.25) is 0 Å². The van der Waals surface area contributed by atoms with Crippen LogP contribution in [0.15, 0.2) is 29.1 Å². The molecule has 1 aliphatic rings. The van der Waals surface area contributed by atoms with E-state index in [4.69, 9.17) is 5.73 Å². The molecule has 5 nitrogen and oxygen atoms in total. The van der Waals surface area contributed by atoms with E-state index in [2.05, 4.69) is 4.98 Å². The minimum Gasteiger partial charge on any atom is -0.368 e. The largest absolute Gasteiger partial charge is 0.368 e. The van der Waals surface area contributed by atoms with E-state index in [0.717, 1.165) is 24.8 Å². The highest BCUT2D eigenvalue weighted by atomic mass is 32.1. The van der Waals surface area contributed by atoms with Gasteiger partial charge >= 0.3 is 0 Å². The molecule has 1 atom stereocenters. The average Bonchev–Trinajstić information content (AvgIpc) is 3.17. The number of halogens is 1. The Morgan fingerprint density at radius 2 is 2.15 bits per heavy atom. The second-order valence-corrected chi connectivity index (χ2v) is 7.67. The summed E-state index contributed by atoms with van der Waals surface area (Å²) < 4.78 is 15.4. The molecule has 0 saturated heterocycles.